The van der Waals surface area contributed by atoms with Gasteiger partial charge in [0, 0.05) is 18.0 Å². The highest BCUT2D eigenvalue weighted by atomic mass is 32.1. The van der Waals surface area contributed by atoms with Gasteiger partial charge in [-0.2, -0.15) is 0 Å². The maximum absolute atomic E-state index is 12.6. The third-order valence-corrected chi connectivity index (χ3v) is 5.23. The standard InChI is InChI=1S/C17H15N3O2S/c21-16-9-18-13-3-1-2-4-14(13)20(16)11-17(22)19-7-5-15-12(10-19)6-8-23-15/h1-4,6,8-9H,5,7,10-11H2. The number of thiophene rings is 1. The predicted molar refractivity (Wildman–Crippen MR) is 89.4 cm³/mol. The van der Waals surface area contributed by atoms with Crippen molar-refractivity contribution in [2.24, 2.45) is 0 Å². The van der Waals surface area contributed by atoms with Crippen molar-refractivity contribution in [3.05, 3.63) is 62.7 Å². The zero-order valence-corrected chi connectivity index (χ0v) is 13.3. The number of rotatable bonds is 2. The Kier molecular flexibility index (Phi) is 3.46. The molecule has 23 heavy (non-hydrogen) atoms. The molecule has 2 aromatic heterocycles. The molecule has 3 heterocycles. The van der Waals surface area contributed by atoms with Crippen LogP contribution in [-0.2, 0) is 24.3 Å². The monoisotopic (exact) mass is 325 g/mol. The summed E-state index contributed by atoms with van der Waals surface area (Å²) in [4.78, 5) is 32.1. The lowest BCUT2D eigenvalue weighted by molar-refractivity contribution is -0.132. The summed E-state index contributed by atoms with van der Waals surface area (Å²) in [7, 11) is 0. The van der Waals surface area contributed by atoms with E-state index in [1.807, 2.05) is 29.2 Å². The minimum absolute atomic E-state index is 0.0275. The number of benzene rings is 1. The average molecular weight is 325 g/mol. The summed E-state index contributed by atoms with van der Waals surface area (Å²) in [5.74, 6) is -0.0275. The summed E-state index contributed by atoms with van der Waals surface area (Å²) in [6.07, 6.45) is 2.17. The van der Waals surface area contributed by atoms with Gasteiger partial charge >= 0.3 is 0 Å². The molecule has 0 saturated carbocycles. The van der Waals surface area contributed by atoms with Gasteiger partial charge < -0.3 is 4.90 Å². The van der Waals surface area contributed by atoms with Crippen molar-refractivity contribution in [1.29, 1.82) is 0 Å². The maximum Gasteiger partial charge on any atom is 0.269 e. The molecule has 1 amide bonds. The van der Waals surface area contributed by atoms with E-state index in [4.69, 9.17) is 0 Å². The molecule has 0 bridgehead atoms. The predicted octanol–water partition coefficient (Wildman–Crippen LogP) is 2.04. The number of fused-ring (bicyclic) bond motifs is 2. The molecule has 5 nitrogen and oxygen atoms in total. The zero-order valence-electron chi connectivity index (χ0n) is 12.4. The first-order valence-corrected chi connectivity index (χ1v) is 8.38. The number of hydrogen-bond acceptors (Lipinski definition) is 4. The minimum Gasteiger partial charge on any atom is -0.336 e. The van der Waals surface area contributed by atoms with Crippen LogP contribution in [0.3, 0.4) is 0 Å². The fourth-order valence-electron chi connectivity index (χ4n) is 2.97. The van der Waals surface area contributed by atoms with Crippen molar-refractivity contribution in [1.82, 2.24) is 14.5 Å². The van der Waals surface area contributed by atoms with Gasteiger partial charge in [0.1, 0.15) is 6.54 Å². The summed E-state index contributed by atoms with van der Waals surface area (Å²) in [5.41, 5.74) is 2.40. The number of aromatic nitrogens is 2. The third-order valence-electron chi connectivity index (χ3n) is 4.21. The van der Waals surface area contributed by atoms with Gasteiger partial charge in [0.25, 0.3) is 5.56 Å². The van der Waals surface area contributed by atoms with E-state index >= 15 is 0 Å². The lowest BCUT2D eigenvalue weighted by Gasteiger charge is -2.27. The molecule has 4 rings (SSSR count). The van der Waals surface area contributed by atoms with Crippen molar-refractivity contribution >= 4 is 28.3 Å². The topological polar surface area (TPSA) is 55.2 Å². The van der Waals surface area contributed by atoms with E-state index in [-0.39, 0.29) is 18.0 Å². The Bertz CT molecular complexity index is 944. The Morgan fingerprint density at radius 1 is 1.26 bits per heavy atom. The molecule has 0 unspecified atom stereocenters. The summed E-state index contributed by atoms with van der Waals surface area (Å²) in [5, 5.41) is 2.07. The van der Waals surface area contributed by atoms with Crippen LogP contribution < -0.4 is 5.56 Å². The highest BCUT2D eigenvalue weighted by Gasteiger charge is 2.22. The zero-order chi connectivity index (χ0) is 15.8. The molecule has 0 aliphatic carbocycles. The molecule has 116 valence electrons. The van der Waals surface area contributed by atoms with Crippen molar-refractivity contribution in [2.45, 2.75) is 19.5 Å². The van der Waals surface area contributed by atoms with E-state index in [0.717, 1.165) is 11.9 Å². The third kappa shape index (κ3) is 2.55. The van der Waals surface area contributed by atoms with Crippen LogP contribution in [0.2, 0.25) is 0 Å². The van der Waals surface area contributed by atoms with Crippen LogP contribution in [0.4, 0.5) is 0 Å². The molecule has 1 aliphatic rings. The SMILES string of the molecule is O=C(Cn1c(=O)cnc2ccccc21)N1CCc2sccc2C1. The Balaban J connectivity index is 1.63. The highest BCUT2D eigenvalue weighted by molar-refractivity contribution is 7.10. The average Bonchev–Trinajstić information content (AvgIpc) is 3.05. The molecule has 0 atom stereocenters. The quantitative estimate of drug-likeness (QED) is 0.724. The van der Waals surface area contributed by atoms with Crippen molar-refractivity contribution in [3.63, 3.8) is 0 Å². The largest absolute Gasteiger partial charge is 0.336 e. The molecule has 0 fully saturated rings. The number of carbonyl (C=O) groups is 1. The van der Waals surface area contributed by atoms with Crippen LogP contribution in [0, 0.1) is 0 Å². The van der Waals surface area contributed by atoms with Crippen molar-refractivity contribution in [2.75, 3.05) is 6.54 Å². The van der Waals surface area contributed by atoms with E-state index in [0.29, 0.717) is 18.6 Å². The first-order valence-electron chi connectivity index (χ1n) is 7.50. The number of nitrogens with zero attached hydrogens (tertiary/aromatic N) is 3. The maximum atomic E-state index is 12.6. The summed E-state index contributed by atoms with van der Waals surface area (Å²) >= 11 is 1.75. The Labute approximate surface area is 136 Å². The second-order valence-corrected chi connectivity index (χ2v) is 6.61. The molecule has 0 saturated heterocycles. The number of carbonyl (C=O) groups excluding carboxylic acids is 1. The first-order chi connectivity index (χ1) is 11.2. The van der Waals surface area contributed by atoms with Crippen LogP contribution in [0.15, 0.2) is 46.7 Å². The molecule has 1 aliphatic heterocycles. The Morgan fingerprint density at radius 3 is 3.04 bits per heavy atom. The molecule has 0 spiro atoms. The number of amides is 1. The second-order valence-electron chi connectivity index (χ2n) is 5.61. The van der Waals surface area contributed by atoms with Crippen LogP contribution in [0.1, 0.15) is 10.4 Å². The van der Waals surface area contributed by atoms with E-state index in [2.05, 4.69) is 16.4 Å². The van der Waals surface area contributed by atoms with Crippen molar-refractivity contribution < 1.29 is 4.79 Å². The molecule has 1 aromatic carbocycles. The highest BCUT2D eigenvalue weighted by Crippen LogP contribution is 2.24. The van der Waals surface area contributed by atoms with E-state index < -0.39 is 0 Å². The molecule has 3 aromatic rings. The van der Waals surface area contributed by atoms with Crippen LogP contribution in [-0.4, -0.2) is 26.9 Å². The first kappa shape index (κ1) is 14.1. The molecule has 0 N–H and O–H groups in total. The van der Waals surface area contributed by atoms with Crippen LogP contribution in [0.5, 0.6) is 0 Å². The van der Waals surface area contributed by atoms with Crippen LogP contribution >= 0.6 is 11.3 Å². The minimum atomic E-state index is -0.245. The normalized spacial score (nSPS) is 14.0. The number of para-hydroxylation sites is 2. The van der Waals surface area contributed by atoms with E-state index in [1.165, 1.54) is 21.2 Å². The van der Waals surface area contributed by atoms with Gasteiger partial charge in [0.15, 0.2) is 0 Å². The van der Waals surface area contributed by atoms with Gasteiger partial charge in [-0.05, 0) is 35.6 Å². The molecular weight excluding hydrogens is 310 g/mol. The Morgan fingerprint density at radius 2 is 2.13 bits per heavy atom. The van der Waals surface area contributed by atoms with Gasteiger partial charge in [-0.3, -0.25) is 14.2 Å². The van der Waals surface area contributed by atoms with Gasteiger partial charge in [-0.15, -0.1) is 11.3 Å². The van der Waals surface area contributed by atoms with Gasteiger partial charge in [-0.25, -0.2) is 4.98 Å². The van der Waals surface area contributed by atoms with Gasteiger partial charge in [0.2, 0.25) is 5.91 Å². The van der Waals surface area contributed by atoms with E-state index in [9.17, 15) is 9.59 Å². The lowest BCUT2D eigenvalue weighted by atomic mass is 10.1. The van der Waals surface area contributed by atoms with E-state index in [1.54, 1.807) is 11.3 Å². The Hall–Kier alpha value is -2.47. The fraction of sp³-hybridized carbons (Fsp3) is 0.235. The summed E-state index contributed by atoms with van der Waals surface area (Å²) in [6.45, 7) is 1.40. The fourth-order valence-corrected chi connectivity index (χ4v) is 3.86. The molecule has 0 radical (unpaired) electrons. The lowest BCUT2D eigenvalue weighted by Crippen LogP contribution is -2.39. The summed E-state index contributed by atoms with van der Waals surface area (Å²) < 4.78 is 1.51. The smallest absolute Gasteiger partial charge is 0.269 e. The molecule has 6 heteroatoms. The van der Waals surface area contributed by atoms with Gasteiger partial charge in [0.05, 0.1) is 17.2 Å². The van der Waals surface area contributed by atoms with Gasteiger partial charge in [-0.1, -0.05) is 12.1 Å². The second kappa shape index (κ2) is 5.62. The number of hydrogen-bond donors (Lipinski definition) is 0. The summed E-state index contributed by atoms with van der Waals surface area (Å²) in [6, 6.07) is 9.46. The van der Waals surface area contributed by atoms with Crippen molar-refractivity contribution in [3.8, 4) is 0 Å². The molecular formula is C17H15N3O2S. The van der Waals surface area contributed by atoms with Crippen LogP contribution in [0.25, 0.3) is 11.0 Å².